The van der Waals surface area contributed by atoms with Crippen molar-refractivity contribution in [2.45, 2.75) is 40.5 Å². The minimum atomic E-state index is 0. The Labute approximate surface area is 141 Å². The van der Waals surface area contributed by atoms with Gasteiger partial charge in [-0.2, -0.15) is 4.52 Å². The monoisotopic (exact) mass is 322 g/mol. The maximum atomic E-state index is 4.72. The quantitative estimate of drug-likeness (QED) is 0.617. The zero-order valence-electron chi connectivity index (χ0n) is 13.2. The van der Waals surface area contributed by atoms with E-state index in [-0.39, 0.29) is 7.43 Å². The van der Waals surface area contributed by atoms with Gasteiger partial charge in [0, 0.05) is 12.0 Å². The molecule has 4 rings (SSSR count). The molecular formula is C18H22N6. The minimum absolute atomic E-state index is 0. The molecule has 0 bridgehead atoms. The van der Waals surface area contributed by atoms with Crippen molar-refractivity contribution in [1.82, 2.24) is 29.5 Å². The van der Waals surface area contributed by atoms with Gasteiger partial charge in [0.2, 0.25) is 0 Å². The van der Waals surface area contributed by atoms with Crippen LogP contribution in [-0.2, 0) is 6.42 Å². The fraction of sp³-hybridized carbons (Fsp3) is 0.333. The van der Waals surface area contributed by atoms with Crippen molar-refractivity contribution in [2.75, 3.05) is 0 Å². The average Bonchev–Trinajstić information content (AvgIpc) is 3.19. The lowest BCUT2D eigenvalue weighted by atomic mass is 10.1. The molecule has 0 aliphatic heterocycles. The lowest BCUT2D eigenvalue weighted by Crippen LogP contribution is -2.03. The lowest BCUT2D eigenvalue weighted by molar-refractivity contribution is 0.719. The number of unbranched alkanes of at least 4 members (excludes halogenated alkanes) is 1. The molecule has 6 heteroatoms. The van der Waals surface area contributed by atoms with Gasteiger partial charge < -0.3 is 4.98 Å². The Kier molecular flexibility index (Phi) is 4.29. The summed E-state index contributed by atoms with van der Waals surface area (Å²) < 4.78 is 1.85. The average molecular weight is 322 g/mol. The summed E-state index contributed by atoms with van der Waals surface area (Å²) in [5, 5.41) is 4.69. The Bertz CT molecular complexity index is 964. The van der Waals surface area contributed by atoms with E-state index in [9.17, 15) is 0 Å². The molecule has 0 amide bonds. The molecule has 24 heavy (non-hydrogen) atoms. The van der Waals surface area contributed by atoms with Crippen molar-refractivity contribution in [2.24, 2.45) is 0 Å². The number of rotatable bonds is 4. The Morgan fingerprint density at radius 3 is 2.67 bits per heavy atom. The summed E-state index contributed by atoms with van der Waals surface area (Å²) >= 11 is 0. The van der Waals surface area contributed by atoms with Crippen molar-refractivity contribution >= 4 is 16.8 Å². The van der Waals surface area contributed by atoms with Gasteiger partial charge in [0.25, 0.3) is 0 Å². The van der Waals surface area contributed by atoms with Gasteiger partial charge >= 0.3 is 0 Å². The van der Waals surface area contributed by atoms with Gasteiger partial charge in [-0.1, -0.05) is 50.6 Å². The SMILES string of the molecule is C.CCCCc1nc2nc[nH]c2c2nc(-c3ccc(C)cc3)nn12. The third-order valence-electron chi connectivity index (χ3n) is 3.99. The normalized spacial score (nSPS) is 11.1. The van der Waals surface area contributed by atoms with E-state index in [2.05, 4.69) is 40.9 Å². The Hall–Kier alpha value is -2.76. The smallest absolute Gasteiger partial charge is 0.185 e. The van der Waals surface area contributed by atoms with Crippen LogP contribution in [-0.4, -0.2) is 29.5 Å². The van der Waals surface area contributed by atoms with Gasteiger partial charge in [-0.3, -0.25) is 0 Å². The van der Waals surface area contributed by atoms with Crippen molar-refractivity contribution in [3.8, 4) is 11.4 Å². The van der Waals surface area contributed by atoms with E-state index < -0.39 is 0 Å². The van der Waals surface area contributed by atoms with Gasteiger partial charge in [-0.25, -0.2) is 15.0 Å². The summed E-state index contributed by atoms with van der Waals surface area (Å²) in [5.74, 6) is 1.62. The molecule has 4 aromatic rings. The summed E-state index contributed by atoms with van der Waals surface area (Å²) in [7, 11) is 0. The number of H-pyrrole nitrogens is 1. The number of nitrogens with zero attached hydrogens (tertiary/aromatic N) is 5. The number of aryl methyl sites for hydroxylation is 2. The molecule has 124 valence electrons. The van der Waals surface area contributed by atoms with Gasteiger partial charge in [0.15, 0.2) is 17.1 Å². The molecule has 0 saturated carbocycles. The molecule has 0 spiro atoms. The van der Waals surface area contributed by atoms with Crippen LogP contribution in [0.4, 0.5) is 0 Å². The highest BCUT2D eigenvalue weighted by atomic mass is 15.3. The van der Waals surface area contributed by atoms with Crippen LogP contribution in [0.15, 0.2) is 30.6 Å². The molecule has 0 fully saturated rings. The third-order valence-corrected chi connectivity index (χ3v) is 3.99. The molecule has 0 radical (unpaired) electrons. The van der Waals surface area contributed by atoms with Crippen LogP contribution in [0.3, 0.4) is 0 Å². The molecule has 0 aliphatic rings. The summed E-state index contributed by atoms with van der Waals surface area (Å²) in [5.41, 5.74) is 4.55. The zero-order chi connectivity index (χ0) is 15.8. The second kappa shape index (κ2) is 6.39. The predicted molar refractivity (Wildman–Crippen MR) is 95.9 cm³/mol. The standard InChI is InChI=1S/C17H18N6.CH4/c1-3-4-5-13-20-16-14(18-10-19-16)17-21-15(22-23(13)17)12-8-6-11(2)7-9-12;/h6-10H,3-5H2,1-2H3,(H,18,19);1H4. The van der Waals surface area contributed by atoms with E-state index in [4.69, 9.17) is 10.1 Å². The predicted octanol–water partition coefficient (Wildman–Crippen LogP) is 3.95. The highest BCUT2D eigenvalue weighted by Gasteiger charge is 2.15. The molecule has 3 heterocycles. The first-order valence-electron chi connectivity index (χ1n) is 7.92. The highest BCUT2D eigenvalue weighted by Crippen LogP contribution is 2.21. The first-order valence-corrected chi connectivity index (χ1v) is 7.92. The van der Waals surface area contributed by atoms with Crippen LogP contribution in [0, 0.1) is 6.92 Å². The fourth-order valence-corrected chi connectivity index (χ4v) is 2.68. The van der Waals surface area contributed by atoms with Crippen molar-refractivity contribution in [1.29, 1.82) is 0 Å². The zero-order valence-corrected chi connectivity index (χ0v) is 13.2. The number of aromatic nitrogens is 6. The lowest BCUT2D eigenvalue weighted by Gasteiger charge is -2.02. The first kappa shape index (κ1) is 16.1. The molecule has 1 N–H and O–H groups in total. The van der Waals surface area contributed by atoms with E-state index in [0.29, 0.717) is 11.5 Å². The van der Waals surface area contributed by atoms with Crippen molar-refractivity contribution in [3.05, 3.63) is 42.0 Å². The molecule has 0 unspecified atom stereocenters. The van der Waals surface area contributed by atoms with E-state index in [1.54, 1.807) is 6.33 Å². The maximum Gasteiger partial charge on any atom is 0.185 e. The number of hydrogen-bond donors (Lipinski definition) is 1. The molecule has 0 aliphatic carbocycles. The number of hydrogen-bond acceptors (Lipinski definition) is 4. The van der Waals surface area contributed by atoms with Crippen LogP contribution in [0.25, 0.3) is 28.2 Å². The van der Waals surface area contributed by atoms with E-state index in [0.717, 1.165) is 41.8 Å². The number of benzene rings is 1. The second-order valence-electron chi connectivity index (χ2n) is 5.77. The molecule has 1 aromatic carbocycles. The topological polar surface area (TPSA) is 71.8 Å². The summed E-state index contributed by atoms with van der Waals surface area (Å²) in [6.45, 7) is 4.24. The van der Waals surface area contributed by atoms with Crippen LogP contribution >= 0.6 is 0 Å². The Balaban J connectivity index is 0.00000169. The molecule has 0 atom stereocenters. The molecular weight excluding hydrogens is 300 g/mol. The summed E-state index contributed by atoms with van der Waals surface area (Å²) in [4.78, 5) is 16.8. The summed E-state index contributed by atoms with van der Waals surface area (Å²) in [6, 6.07) is 8.24. The minimum Gasteiger partial charge on any atom is -0.340 e. The van der Waals surface area contributed by atoms with Crippen LogP contribution in [0.2, 0.25) is 0 Å². The van der Waals surface area contributed by atoms with Gasteiger partial charge in [0.1, 0.15) is 11.3 Å². The van der Waals surface area contributed by atoms with Crippen molar-refractivity contribution < 1.29 is 0 Å². The number of imidazole rings is 1. The third kappa shape index (κ3) is 2.64. The van der Waals surface area contributed by atoms with E-state index in [1.165, 1.54) is 5.56 Å². The first-order chi connectivity index (χ1) is 11.3. The largest absolute Gasteiger partial charge is 0.340 e. The molecule has 6 nitrogen and oxygen atoms in total. The highest BCUT2D eigenvalue weighted by molar-refractivity contribution is 5.85. The molecule has 0 saturated heterocycles. The van der Waals surface area contributed by atoms with Crippen LogP contribution in [0.5, 0.6) is 0 Å². The van der Waals surface area contributed by atoms with Gasteiger partial charge in [0.05, 0.1) is 6.33 Å². The van der Waals surface area contributed by atoms with Gasteiger partial charge in [-0.15, -0.1) is 5.10 Å². The second-order valence-corrected chi connectivity index (χ2v) is 5.77. The summed E-state index contributed by atoms with van der Waals surface area (Å²) in [6.07, 6.45) is 4.70. The van der Waals surface area contributed by atoms with Gasteiger partial charge in [-0.05, 0) is 13.3 Å². The molecule has 3 aromatic heterocycles. The fourth-order valence-electron chi connectivity index (χ4n) is 2.68. The van der Waals surface area contributed by atoms with Crippen LogP contribution in [0.1, 0.15) is 38.6 Å². The van der Waals surface area contributed by atoms with E-state index >= 15 is 0 Å². The Morgan fingerprint density at radius 2 is 1.92 bits per heavy atom. The number of fused-ring (bicyclic) bond motifs is 3. The Morgan fingerprint density at radius 1 is 1.12 bits per heavy atom. The van der Waals surface area contributed by atoms with E-state index in [1.807, 2.05) is 16.6 Å². The van der Waals surface area contributed by atoms with Crippen molar-refractivity contribution in [3.63, 3.8) is 0 Å². The number of aromatic amines is 1. The number of nitrogens with one attached hydrogen (secondary N) is 1. The van der Waals surface area contributed by atoms with Crippen LogP contribution < -0.4 is 0 Å². The maximum absolute atomic E-state index is 4.72.